The first-order valence-corrected chi connectivity index (χ1v) is 8.84. The number of hydrogen-bond donors (Lipinski definition) is 2. The zero-order valence-electron chi connectivity index (χ0n) is 15.2. The smallest absolute Gasteiger partial charge is 0.335 e. The molecule has 8 nitrogen and oxygen atoms in total. The summed E-state index contributed by atoms with van der Waals surface area (Å²) in [6.07, 6.45) is -0.877. The van der Waals surface area contributed by atoms with E-state index in [2.05, 4.69) is 0 Å². The van der Waals surface area contributed by atoms with Crippen molar-refractivity contribution in [3.05, 3.63) is 80.4 Å². The lowest BCUT2D eigenvalue weighted by atomic mass is 9.94. The number of carboxylic acid groups (broad SMARTS) is 1. The topological polar surface area (TPSA) is 121 Å². The molecule has 0 saturated heterocycles. The van der Waals surface area contributed by atoms with Gasteiger partial charge in [0.05, 0.1) is 5.56 Å². The lowest BCUT2D eigenvalue weighted by Crippen LogP contribution is -2.37. The average molecular weight is 384 g/mol. The van der Waals surface area contributed by atoms with Gasteiger partial charge < -0.3 is 15.1 Å². The number of fused-ring (bicyclic) bond motifs is 1. The van der Waals surface area contributed by atoms with Gasteiger partial charge in [-0.2, -0.15) is 0 Å². The Morgan fingerprint density at radius 1 is 1.18 bits per heavy atom. The van der Waals surface area contributed by atoms with Crippen LogP contribution in [0.3, 0.4) is 0 Å². The van der Waals surface area contributed by atoms with Gasteiger partial charge in [0.1, 0.15) is 6.10 Å². The summed E-state index contributed by atoms with van der Waals surface area (Å²) in [7, 11) is 0. The van der Waals surface area contributed by atoms with E-state index in [1.165, 1.54) is 25.1 Å². The van der Waals surface area contributed by atoms with Crippen molar-refractivity contribution < 1.29 is 24.7 Å². The third kappa shape index (κ3) is 3.72. The van der Waals surface area contributed by atoms with Crippen LogP contribution in [0.2, 0.25) is 0 Å². The molecule has 8 heteroatoms. The van der Waals surface area contributed by atoms with Crippen LogP contribution in [0, 0.1) is 10.1 Å². The molecule has 0 fully saturated rings. The van der Waals surface area contributed by atoms with E-state index in [4.69, 9.17) is 0 Å². The number of aliphatic hydroxyl groups is 1. The SMILES string of the molecule is CC(C(O)c1ccc(C(=O)O)cc1C(=O)N1CCc2ccccc2C1)[N+](=O)[O-]. The molecule has 1 aliphatic rings. The number of hydrogen-bond acceptors (Lipinski definition) is 5. The molecule has 0 aliphatic carbocycles. The van der Waals surface area contributed by atoms with Crippen LogP contribution >= 0.6 is 0 Å². The monoisotopic (exact) mass is 384 g/mol. The van der Waals surface area contributed by atoms with E-state index < -0.39 is 28.9 Å². The standard InChI is InChI=1S/C20H20N2O6/c1-12(22(27)28)18(23)16-7-6-14(20(25)26)10-17(16)19(24)21-9-8-13-4-2-3-5-15(13)11-21/h2-7,10,12,18,23H,8-9,11H2,1H3,(H,25,26). The predicted octanol–water partition coefficient (Wildman–Crippen LogP) is 2.28. The van der Waals surface area contributed by atoms with Gasteiger partial charge in [-0.1, -0.05) is 30.3 Å². The molecular formula is C20H20N2O6. The van der Waals surface area contributed by atoms with E-state index in [1.54, 1.807) is 4.90 Å². The van der Waals surface area contributed by atoms with Crippen LogP contribution < -0.4 is 0 Å². The molecule has 0 saturated carbocycles. The number of carbonyl (C=O) groups excluding carboxylic acids is 1. The fourth-order valence-electron chi connectivity index (χ4n) is 3.35. The first kappa shape index (κ1) is 19.5. The Morgan fingerprint density at radius 2 is 1.86 bits per heavy atom. The maximum atomic E-state index is 13.2. The molecule has 2 unspecified atom stereocenters. The lowest BCUT2D eigenvalue weighted by molar-refractivity contribution is -0.531. The van der Waals surface area contributed by atoms with Gasteiger partial charge in [-0.25, -0.2) is 4.79 Å². The Labute approximate surface area is 161 Å². The molecular weight excluding hydrogens is 364 g/mol. The molecule has 2 N–H and O–H groups in total. The Morgan fingerprint density at radius 3 is 2.50 bits per heavy atom. The highest BCUT2D eigenvalue weighted by Crippen LogP contribution is 2.27. The maximum absolute atomic E-state index is 13.2. The van der Waals surface area contributed by atoms with Crippen molar-refractivity contribution in [3.63, 3.8) is 0 Å². The van der Waals surface area contributed by atoms with Crippen molar-refractivity contribution in [2.75, 3.05) is 6.54 Å². The van der Waals surface area contributed by atoms with Crippen LogP contribution in [0.25, 0.3) is 0 Å². The molecule has 1 aliphatic heterocycles. The molecule has 2 aromatic carbocycles. The summed E-state index contributed by atoms with van der Waals surface area (Å²) in [5.41, 5.74) is 2.05. The van der Waals surface area contributed by atoms with Gasteiger partial charge in [0.15, 0.2) is 0 Å². The molecule has 3 rings (SSSR count). The second-order valence-electron chi connectivity index (χ2n) is 6.82. The molecule has 0 bridgehead atoms. The number of amides is 1. The molecule has 1 amide bonds. The van der Waals surface area contributed by atoms with Gasteiger partial charge in [0.2, 0.25) is 6.04 Å². The number of rotatable bonds is 5. The molecule has 2 aromatic rings. The molecule has 1 heterocycles. The van der Waals surface area contributed by atoms with Gasteiger partial charge in [0, 0.05) is 36.1 Å². The molecule has 2 atom stereocenters. The average Bonchev–Trinajstić information content (AvgIpc) is 2.71. The number of nitrogens with zero attached hydrogens (tertiary/aromatic N) is 2. The molecule has 0 spiro atoms. The van der Waals surface area contributed by atoms with E-state index in [-0.39, 0.29) is 16.7 Å². The first-order valence-electron chi connectivity index (χ1n) is 8.84. The van der Waals surface area contributed by atoms with Crippen LogP contribution in [-0.4, -0.2) is 44.5 Å². The summed E-state index contributed by atoms with van der Waals surface area (Å²) in [6.45, 7) is 2.03. The Balaban J connectivity index is 1.99. The van der Waals surface area contributed by atoms with Crippen molar-refractivity contribution >= 4 is 11.9 Å². The highest BCUT2D eigenvalue weighted by atomic mass is 16.6. The summed E-state index contributed by atoms with van der Waals surface area (Å²) in [5, 5.41) is 30.7. The number of aliphatic hydroxyl groups excluding tert-OH is 1. The molecule has 0 aromatic heterocycles. The summed E-state index contributed by atoms with van der Waals surface area (Å²) in [4.78, 5) is 36.5. The lowest BCUT2D eigenvalue weighted by Gasteiger charge is -2.30. The minimum Gasteiger partial charge on any atom is -0.478 e. The third-order valence-corrected chi connectivity index (χ3v) is 5.06. The van der Waals surface area contributed by atoms with E-state index in [9.17, 15) is 29.9 Å². The van der Waals surface area contributed by atoms with Gasteiger partial charge in [-0.3, -0.25) is 14.9 Å². The Hall–Kier alpha value is -3.26. The van der Waals surface area contributed by atoms with Crippen molar-refractivity contribution in [1.29, 1.82) is 0 Å². The third-order valence-electron chi connectivity index (χ3n) is 5.06. The normalized spacial score (nSPS) is 15.4. The number of carbonyl (C=O) groups is 2. The summed E-state index contributed by atoms with van der Waals surface area (Å²) in [5.74, 6) is -1.68. The minimum absolute atomic E-state index is 0.0273. The fourth-order valence-corrected chi connectivity index (χ4v) is 3.35. The zero-order chi connectivity index (χ0) is 20.4. The second kappa shape index (κ2) is 7.77. The fraction of sp³-hybridized carbons (Fsp3) is 0.300. The van der Waals surface area contributed by atoms with Crippen LogP contribution in [0.15, 0.2) is 42.5 Å². The predicted molar refractivity (Wildman–Crippen MR) is 99.7 cm³/mol. The van der Waals surface area contributed by atoms with Crippen molar-refractivity contribution in [2.45, 2.75) is 32.0 Å². The maximum Gasteiger partial charge on any atom is 0.335 e. The van der Waals surface area contributed by atoms with Crippen LogP contribution in [0.5, 0.6) is 0 Å². The number of benzene rings is 2. The van der Waals surface area contributed by atoms with Crippen LogP contribution in [0.1, 0.15) is 50.4 Å². The summed E-state index contributed by atoms with van der Waals surface area (Å²) >= 11 is 0. The number of aromatic carboxylic acids is 1. The number of nitro groups is 1. The van der Waals surface area contributed by atoms with E-state index >= 15 is 0 Å². The van der Waals surface area contributed by atoms with E-state index in [0.29, 0.717) is 19.5 Å². The highest BCUT2D eigenvalue weighted by Gasteiger charge is 2.32. The van der Waals surface area contributed by atoms with Gasteiger partial charge in [-0.15, -0.1) is 0 Å². The van der Waals surface area contributed by atoms with Crippen molar-refractivity contribution in [1.82, 2.24) is 4.90 Å². The second-order valence-corrected chi connectivity index (χ2v) is 6.82. The first-order chi connectivity index (χ1) is 13.3. The van der Waals surface area contributed by atoms with E-state index in [0.717, 1.165) is 11.1 Å². The Kier molecular flexibility index (Phi) is 5.41. The minimum atomic E-state index is -1.53. The Bertz CT molecular complexity index is 942. The van der Waals surface area contributed by atoms with Crippen LogP contribution in [-0.2, 0) is 13.0 Å². The van der Waals surface area contributed by atoms with E-state index in [1.807, 2.05) is 24.3 Å². The zero-order valence-corrected chi connectivity index (χ0v) is 15.2. The van der Waals surface area contributed by atoms with Gasteiger partial charge in [-0.05, 0) is 29.7 Å². The largest absolute Gasteiger partial charge is 0.478 e. The molecule has 28 heavy (non-hydrogen) atoms. The van der Waals surface area contributed by atoms with Gasteiger partial charge in [0.25, 0.3) is 5.91 Å². The quantitative estimate of drug-likeness (QED) is 0.603. The molecule has 0 radical (unpaired) electrons. The van der Waals surface area contributed by atoms with Gasteiger partial charge >= 0.3 is 5.97 Å². The van der Waals surface area contributed by atoms with Crippen molar-refractivity contribution in [2.24, 2.45) is 0 Å². The highest BCUT2D eigenvalue weighted by molar-refractivity contribution is 5.99. The van der Waals surface area contributed by atoms with Crippen molar-refractivity contribution in [3.8, 4) is 0 Å². The number of carboxylic acids is 1. The summed E-state index contributed by atoms with van der Waals surface area (Å²) < 4.78 is 0. The summed E-state index contributed by atoms with van der Waals surface area (Å²) in [6, 6.07) is 10.1. The van der Waals surface area contributed by atoms with Crippen LogP contribution in [0.4, 0.5) is 0 Å². The molecule has 146 valence electrons.